The van der Waals surface area contributed by atoms with Crippen molar-refractivity contribution in [2.24, 2.45) is 0 Å². The van der Waals surface area contributed by atoms with Crippen molar-refractivity contribution in [3.8, 4) is 0 Å². The predicted molar refractivity (Wildman–Crippen MR) is 86.4 cm³/mol. The first-order valence-corrected chi connectivity index (χ1v) is 7.14. The fourth-order valence-corrected chi connectivity index (χ4v) is 2.27. The van der Waals surface area contributed by atoms with Gasteiger partial charge in [-0.15, -0.1) is 0 Å². The highest BCUT2D eigenvalue weighted by Gasteiger charge is 2.15. The van der Waals surface area contributed by atoms with E-state index in [9.17, 15) is 4.79 Å². The van der Waals surface area contributed by atoms with Crippen molar-refractivity contribution in [2.75, 3.05) is 20.6 Å². The molecule has 0 saturated carbocycles. The fourth-order valence-electron chi connectivity index (χ4n) is 2.27. The largest absolute Gasteiger partial charge is 0.350 e. The summed E-state index contributed by atoms with van der Waals surface area (Å²) in [5.41, 5.74) is 3.14. The molecule has 110 valence electrons. The first-order chi connectivity index (χ1) is 10.1. The molecule has 0 aromatic heterocycles. The molecule has 0 aliphatic rings. The zero-order chi connectivity index (χ0) is 15.2. The van der Waals surface area contributed by atoms with E-state index in [-0.39, 0.29) is 11.9 Å². The summed E-state index contributed by atoms with van der Waals surface area (Å²) in [6.45, 7) is 2.66. The first-order valence-electron chi connectivity index (χ1n) is 7.14. The Morgan fingerprint density at radius 3 is 2.24 bits per heavy atom. The molecule has 2 aromatic carbocycles. The second kappa shape index (κ2) is 7.04. The third-order valence-electron chi connectivity index (χ3n) is 3.58. The van der Waals surface area contributed by atoms with Crippen LogP contribution in [0.3, 0.4) is 0 Å². The topological polar surface area (TPSA) is 32.3 Å². The number of hydrogen-bond acceptors (Lipinski definition) is 2. The van der Waals surface area contributed by atoms with Gasteiger partial charge < -0.3 is 10.2 Å². The van der Waals surface area contributed by atoms with Gasteiger partial charge in [-0.3, -0.25) is 4.79 Å². The summed E-state index contributed by atoms with van der Waals surface area (Å²) in [6, 6.07) is 17.9. The van der Waals surface area contributed by atoms with E-state index in [2.05, 4.69) is 41.4 Å². The van der Waals surface area contributed by atoms with E-state index in [1.54, 1.807) is 0 Å². The van der Waals surface area contributed by atoms with E-state index in [4.69, 9.17) is 0 Å². The van der Waals surface area contributed by atoms with Gasteiger partial charge in [0.05, 0.1) is 6.04 Å². The summed E-state index contributed by atoms with van der Waals surface area (Å²) in [6.07, 6.45) is 0. The molecule has 0 fully saturated rings. The molecule has 1 atom stereocenters. The number of hydrogen-bond donors (Lipinski definition) is 1. The molecular weight excluding hydrogens is 260 g/mol. The van der Waals surface area contributed by atoms with Gasteiger partial charge in [-0.05, 0) is 38.7 Å². The monoisotopic (exact) mass is 282 g/mol. The maximum Gasteiger partial charge on any atom is 0.251 e. The van der Waals surface area contributed by atoms with Gasteiger partial charge in [0.25, 0.3) is 5.91 Å². The fraction of sp³-hybridized carbons (Fsp3) is 0.278. The Balaban J connectivity index is 2.04. The van der Waals surface area contributed by atoms with E-state index < -0.39 is 0 Å². The summed E-state index contributed by atoms with van der Waals surface area (Å²) in [7, 11) is 4.05. The van der Waals surface area contributed by atoms with E-state index in [1.165, 1.54) is 11.1 Å². The molecule has 0 aliphatic carbocycles. The second-order valence-corrected chi connectivity index (χ2v) is 5.47. The van der Waals surface area contributed by atoms with Crippen LogP contribution in [-0.4, -0.2) is 31.4 Å². The van der Waals surface area contributed by atoms with Crippen LogP contribution < -0.4 is 5.32 Å². The Bertz CT molecular complexity index is 576. The Morgan fingerprint density at radius 2 is 1.67 bits per heavy atom. The molecule has 21 heavy (non-hydrogen) atoms. The average Bonchev–Trinajstić information content (AvgIpc) is 2.49. The van der Waals surface area contributed by atoms with Crippen LogP contribution in [0.5, 0.6) is 0 Å². The standard InChI is InChI=1S/C18H22N2O/c1-14-9-11-15(12-10-14)17(20(2)3)13-19-18(21)16-7-5-4-6-8-16/h4-12,17H,13H2,1-3H3,(H,19,21). The van der Waals surface area contributed by atoms with Crippen LogP contribution in [0, 0.1) is 6.92 Å². The Kier molecular flexibility index (Phi) is 5.12. The van der Waals surface area contributed by atoms with Crippen LogP contribution in [0.2, 0.25) is 0 Å². The maximum atomic E-state index is 12.1. The molecular formula is C18H22N2O. The highest BCUT2D eigenvalue weighted by molar-refractivity contribution is 5.94. The van der Waals surface area contributed by atoms with Gasteiger partial charge in [-0.1, -0.05) is 48.0 Å². The number of nitrogens with one attached hydrogen (secondary N) is 1. The lowest BCUT2D eigenvalue weighted by Crippen LogP contribution is -2.34. The molecule has 0 saturated heterocycles. The van der Waals surface area contributed by atoms with Gasteiger partial charge in [-0.25, -0.2) is 0 Å². The number of benzene rings is 2. The zero-order valence-corrected chi connectivity index (χ0v) is 12.8. The van der Waals surface area contributed by atoms with E-state index in [1.807, 2.05) is 44.4 Å². The highest BCUT2D eigenvalue weighted by atomic mass is 16.1. The highest BCUT2D eigenvalue weighted by Crippen LogP contribution is 2.18. The van der Waals surface area contributed by atoms with Crippen LogP contribution in [-0.2, 0) is 0 Å². The molecule has 2 aromatic rings. The minimum atomic E-state index is -0.0328. The van der Waals surface area contributed by atoms with E-state index >= 15 is 0 Å². The molecule has 1 amide bonds. The van der Waals surface area contributed by atoms with Crippen molar-refractivity contribution in [3.63, 3.8) is 0 Å². The number of carbonyl (C=O) groups excluding carboxylic acids is 1. The average molecular weight is 282 g/mol. The summed E-state index contributed by atoms with van der Waals surface area (Å²) in [5, 5.41) is 3.01. The van der Waals surface area contributed by atoms with Gasteiger partial charge in [0, 0.05) is 12.1 Å². The Morgan fingerprint density at radius 1 is 1.05 bits per heavy atom. The zero-order valence-electron chi connectivity index (χ0n) is 12.8. The Hall–Kier alpha value is -2.13. The van der Waals surface area contributed by atoms with Gasteiger partial charge >= 0.3 is 0 Å². The first kappa shape index (κ1) is 15.3. The van der Waals surface area contributed by atoms with Crippen LogP contribution in [0.15, 0.2) is 54.6 Å². The number of carbonyl (C=O) groups is 1. The molecule has 0 heterocycles. The smallest absolute Gasteiger partial charge is 0.251 e. The van der Waals surface area contributed by atoms with Crippen molar-refractivity contribution in [3.05, 3.63) is 71.3 Å². The molecule has 0 spiro atoms. The quantitative estimate of drug-likeness (QED) is 0.914. The molecule has 0 aliphatic heterocycles. The minimum absolute atomic E-state index is 0.0328. The summed E-state index contributed by atoms with van der Waals surface area (Å²) < 4.78 is 0. The lowest BCUT2D eigenvalue weighted by atomic mass is 10.0. The molecule has 1 N–H and O–H groups in total. The molecule has 1 unspecified atom stereocenters. The second-order valence-electron chi connectivity index (χ2n) is 5.47. The van der Waals surface area contributed by atoms with Gasteiger partial charge in [-0.2, -0.15) is 0 Å². The van der Waals surface area contributed by atoms with Gasteiger partial charge in [0.1, 0.15) is 0 Å². The number of likely N-dealkylation sites (N-methyl/N-ethyl adjacent to an activating group) is 1. The number of nitrogens with zero attached hydrogens (tertiary/aromatic N) is 1. The van der Waals surface area contributed by atoms with Crippen molar-refractivity contribution >= 4 is 5.91 Å². The van der Waals surface area contributed by atoms with Crippen molar-refractivity contribution in [1.29, 1.82) is 0 Å². The van der Waals surface area contributed by atoms with Crippen molar-refractivity contribution < 1.29 is 4.79 Å². The lowest BCUT2D eigenvalue weighted by Gasteiger charge is -2.25. The number of rotatable bonds is 5. The van der Waals surface area contributed by atoms with Gasteiger partial charge in [0.2, 0.25) is 0 Å². The van der Waals surface area contributed by atoms with Crippen LogP contribution in [0.4, 0.5) is 0 Å². The molecule has 0 radical (unpaired) electrons. The van der Waals surface area contributed by atoms with Crippen molar-refractivity contribution in [1.82, 2.24) is 10.2 Å². The molecule has 0 bridgehead atoms. The minimum Gasteiger partial charge on any atom is -0.350 e. The van der Waals surface area contributed by atoms with Crippen molar-refractivity contribution in [2.45, 2.75) is 13.0 Å². The van der Waals surface area contributed by atoms with E-state index in [0.717, 1.165) is 0 Å². The molecule has 3 heteroatoms. The SMILES string of the molecule is Cc1ccc(C(CNC(=O)c2ccccc2)N(C)C)cc1. The van der Waals surface area contributed by atoms with E-state index in [0.29, 0.717) is 12.1 Å². The maximum absolute atomic E-state index is 12.1. The summed E-state index contributed by atoms with van der Waals surface area (Å²) >= 11 is 0. The third kappa shape index (κ3) is 4.17. The predicted octanol–water partition coefficient (Wildman–Crippen LogP) is 3.03. The number of amides is 1. The third-order valence-corrected chi connectivity index (χ3v) is 3.58. The van der Waals surface area contributed by atoms with Gasteiger partial charge in [0.15, 0.2) is 0 Å². The normalized spacial score (nSPS) is 12.2. The Labute approximate surface area is 126 Å². The number of aryl methyl sites for hydroxylation is 1. The van der Waals surface area contributed by atoms with Crippen LogP contribution in [0.25, 0.3) is 0 Å². The summed E-state index contributed by atoms with van der Waals surface area (Å²) in [4.78, 5) is 14.2. The summed E-state index contributed by atoms with van der Waals surface area (Å²) in [5.74, 6) is -0.0328. The molecule has 2 rings (SSSR count). The van der Waals surface area contributed by atoms with Crippen LogP contribution in [0.1, 0.15) is 27.5 Å². The molecule has 3 nitrogen and oxygen atoms in total. The van der Waals surface area contributed by atoms with Crippen LogP contribution >= 0.6 is 0 Å². The lowest BCUT2D eigenvalue weighted by molar-refractivity contribution is 0.0942.